The van der Waals surface area contributed by atoms with Crippen molar-refractivity contribution in [1.82, 2.24) is 4.98 Å². The van der Waals surface area contributed by atoms with Gasteiger partial charge in [-0.3, -0.25) is 4.79 Å². The van der Waals surface area contributed by atoms with Crippen LogP contribution in [0, 0.1) is 0 Å². The van der Waals surface area contributed by atoms with Crippen LogP contribution in [0.15, 0.2) is 52.9 Å². The minimum absolute atomic E-state index is 0.640. The van der Waals surface area contributed by atoms with E-state index in [9.17, 15) is 4.79 Å². The van der Waals surface area contributed by atoms with E-state index in [1.807, 2.05) is 48.3 Å². The molecule has 124 valence electrons. The summed E-state index contributed by atoms with van der Waals surface area (Å²) >= 11 is 0. The van der Waals surface area contributed by atoms with Crippen LogP contribution >= 0.6 is 0 Å². The molecule has 2 aromatic carbocycles. The van der Waals surface area contributed by atoms with Gasteiger partial charge in [0.15, 0.2) is 5.58 Å². The number of carbonyl (C=O) groups excluding carboxylic acids is 1. The SMILES string of the molecule is CN(CCCCOc1ccc(C=O)cc1)c1nc2ccccc2o1. The smallest absolute Gasteiger partial charge is 0.298 e. The number of benzene rings is 2. The first-order chi connectivity index (χ1) is 11.8. The molecule has 0 unspecified atom stereocenters. The molecule has 3 aromatic rings. The first-order valence-corrected chi connectivity index (χ1v) is 8.01. The molecule has 1 heterocycles. The van der Waals surface area contributed by atoms with E-state index >= 15 is 0 Å². The molecule has 0 aliphatic carbocycles. The van der Waals surface area contributed by atoms with Gasteiger partial charge in [-0.05, 0) is 49.2 Å². The first-order valence-electron chi connectivity index (χ1n) is 8.01. The van der Waals surface area contributed by atoms with Crippen molar-refractivity contribution in [3.05, 3.63) is 54.1 Å². The maximum Gasteiger partial charge on any atom is 0.298 e. The minimum Gasteiger partial charge on any atom is -0.494 e. The van der Waals surface area contributed by atoms with E-state index in [2.05, 4.69) is 4.98 Å². The van der Waals surface area contributed by atoms with E-state index in [1.165, 1.54) is 0 Å². The quantitative estimate of drug-likeness (QED) is 0.464. The zero-order chi connectivity index (χ0) is 16.8. The lowest BCUT2D eigenvalue weighted by Crippen LogP contribution is -2.19. The summed E-state index contributed by atoms with van der Waals surface area (Å²) < 4.78 is 11.4. The molecule has 0 spiro atoms. The molecule has 0 amide bonds. The van der Waals surface area contributed by atoms with E-state index in [0.717, 1.165) is 42.5 Å². The Morgan fingerprint density at radius 1 is 1.12 bits per heavy atom. The number of rotatable bonds is 8. The lowest BCUT2D eigenvalue weighted by atomic mass is 10.2. The number of unbranched alkanes of at least 4 members (excludes halogenated alkanes) is 1. The Hall–Kier alpha value is -2.82. The normalized spacial score (nSPS) is 10.7. The lowest BCUT2D eigenvalue weighted by molar-refractivity contribution is 0.112. The van der Waals surface area contributed by atoms with E-state index < -0.39 is 0 Å². The van der Waals surface area contributed by atoms with Crippen molar-refractivity contribution in [2.45, 2.75) is 12.8 Å². The van der Waals surface area contributed by atoms with Gasteiger partial charge in [-0.1, -0.05) is 12.1 Å². The van der Waals surface area contributed by atoms with Crippen LogP contribution in [0.25, 0.3) is 11.1 Å². The summed E-state index contributed by atoms with van der Waals surface area (Å²) in [4.78, 5) is 17.1. The van der Waals surface area contributed by atoms with Crippen LogP contribution < -0.4 is 9.64 Å². The molecule has 3 rings (SSSR count). The molecule has 5 heteroatoms. The molecule has 0 N–H and O–H groups in total. The van der Waals surface area contributed by atoms with E-state index in [0.29, 0.717) is 18.2 Å². The Morgan fingerprint density at radius 2 is 1.92 bits per heavy atom. The van der Waals surface area contributed by atoms with Crippen molar-refractivity contribution >= 4 is 23.4 Å². The molecular weight excluding hydrogens is 304 g/mol. The van der Waals surface area contributed by atoms with Crippen molar-refractivity contribution < 1.29 is 13.9 Å². The van der Waals surface area contributed by atoms with Crippen LogP contribution in [0.4, 0.5) is 6.01 Å². The van der Waals surface area contributed by atoms with E-state index in [4.69, 9.17) is 9.15 Å². The Morgan fingerprint density at radius 3 is 2.67 bits per heavy atom. The molecule has 0 aliphatic rings. The van der Waals surface area contributed by atoms with Gasteiger partial charge in [-0.15, -0.1) is 0 Å². The van der Waals surface area contributed by atoms with Crippen LogP contribution in [0.3, 0.4) is 0 Å². The predicted molar refractivity (Wildman–Crippen MR) is 93.8 cm³/mol. The molecule has 0 bridgehead atoms. The first kappa shape index (κ1) is 16.1. The van der Waals surface area contributed by atoms with Crippen LogP contribution in [0.2, 0.25) is 0 Å². The predicted octanol–water partition coefficient (Wildman–Crippen LogP) is 3.94. The highest BCUT2D eigenvalue weighted by Gasteiger charge is 2.09. The summed E-state index contributed by atoms with van der Waals surface area (Å²) in [5, 5.41) is 0. The second-order valence-electron chi connectivity index (χ2n) is 5.63. The number of carbonyl (C=O) groups is 1. The third kappa shape index (κ3) is 3.93. The summed E-state index contributed by atoms with van der Waals surface area (Å²) in [6, 6.07) is 15.5. The zero-order valence-electron chi connectivity index (χ0n) is 13.6. The van der Waals surface area contributed by atoms with Gasteiger partial charge in [-0.25, -0.2) is 0 Å². The highest BCUT2D eigenvalue weighted by molar-refractivity contribution is 5.75. The number of ether oxygens (including phenoxy) is 1. The van der Waals surface area contributed by atoms with Gasteiger partial charge in [0, 0.05) is 19.2 Å². The third-order valence-corrected chi connectivity index (χ3v) is 3.78. The summed E-state index contributed by atoms with van der Waals surface area (Å²) in [5.41, 5.74) is 2.34. The van der Waals surface area contributed by atoms with Gasteiger partial charge in [0.05, 0.1) is 6.61 Å². The second kappa shape index (κ2) is 7.64. The molecule has 0 saturated heterocycles. The second-order valence-corrected chi connectivity index (χ2v) is 5.63. The van der Waals surface area contributed by atoms with Gasteiger partial charge in [0.2, 0.25) is 0 Å². The minimum atomic E-state index is 0.640. The van der Waals surface area contributed by atoms with E-state index in [1.54, 1.807) is 12.1 Å². The maximum absolute atomic E-state index is 10.6. The topological polar surface area (TPSA) is 55.6 Å². The van der Waals surface area contributed by atoms with Crippen molar-refractivity contribution in [3.63, 3.8) is 0 Å². The Balaban J connectivity index is 1.41. The number of fused-ring (bicyclic) bond motifs is 1. The summed E-state index contributed by atoms with van der Waals surface area (Å²) in [7, 11) is 1.98. The number of aromatic nitrogens is 1. The maximum atomic E-state index is 10.6. The number of aldehydes is 1. The summed E-state index contributed by atoms with van der Waals surface area (Å²) in [6.45, 7) is 1.49. The molecular formula is C19H20N2O3. The molecule has 1 aromatic heterocycles. The number of oxazole rings is 1. The Kier molecular flexibility index (Phi) is 5.11. The number of anilines is 1. The summed E-state index contributed by atoms with van der Waals surface area (Å²) in [6.07, 6.45) is 2.73. The Bertz CT molecular complexity index is 763. The average molecular weight is 324 g/mol. The van der Waals surface area contributed by atoms with Gasteiger partial charge in [0.1, 0.15) is 17.6 Å². The fraction of sp³-hybridized carbons (Fsp3) is 0.263. The molecule has 0 radical (unpaired) electrons. The fourth-order valence-electron chi connectivity index (χ4n) is 2.40. The highest BCUT2D eigenvalue weighted by Crippen LogP contribution is 2.20. The van der Waals surface area contributed by atoms with Crippen molar-refractivity contribution in [3.8, 4) is 5.75 Å². The zero-order valence-corrected chi connectivity index (χ0v) is 13.6. The number of nitrogens with zero attached hydrogens (tertiary/aromatic N) is 2. The number of hydrogen-bond acceptors (Lipinski definition) is 5. The van der Waals surface area contributed by atoms with Crippen LogP contribution in [-0.4, -0.2) is 31.5 Å². The van der Waals surface area contributed by atoms with Crippen molar-refractivity contribution in [2.24, 2.45) is 0 Å². The van der Waals surface area contributed by atoms with Crippen molar-refractivity contribution in [2.75, 3.05) is 25.1 Å². The fourth-order valence-corrected chi connectivity index (χ4v) is 2.40. The molecule has 0 aliphatic heterocycles. The number of para-hydroxylation sites is 2. The molecule has 0 saturated carbocycles. The van der Waals surface area contributed by atoms with E-state index in [-0.39, 0.29) is 0 Å². The number of hydrogen-bond donors (Lipinski definition) is 0. The standard InChI is InChI=1S/C19H20N2O3/c1-21(19-20-17-6-2-3-7-18(17)24-19)12-4-5-13-23-16-10-8-15(14-22)9-11-16/h2-3,6-11,14H,4-5,12-13H2,1H3. The van der Waals surface area contributed by atoms with Crippen LogP contribution in [0.5, 0.6) is 5.75 Å². The largest absolute Gasteiger partial charge is 0.494 e. The molecule has 5 nitrogen and oxygen atoms in total. The molecule has 24 heavy (non-hydrogen) atoms. The highest BCUT2D eigenvalue weighted by atomic mass is 16.5. The lowest BCUT2D eigenvalue weighted by Gasteiger charge is -2.14. The van der Waals surface area contributed by atoms with Crippen LogP contribution in [0.1, 0.15) is 23.2 Å². The van der Waals surface area contributed by atoms with Crippen LogP contribution in [-0.2, 0) is 0 Å². The summed E-state index contributed by atoms with van der Waals surface area (Å²) in [5.74, 6) is 0.785. The Labute approximate surface area is 140 Å². The third-order valence-electron chi connectivity index (χ3n) is 3.78. The monoisotopic (exact) mass is 324 g/mol. The molecule has 0 atom stereocenters. The van der Waals surface area contributed by atoms with Gasteiger partial charge in [-0.2, -0.15) is 4.98 Å². The molecule has 0 fully saturated rings. The van der Waals surface area contributed by atoms with Gasteiger partial charge in [0.25, 0.3) is 6.01 Å². The van der Waals surface area contributed by atoms with Gasteiger partial charge < -0.3 is 14.1 Å². The van der Waals surface area contributed by atoms with Gasteiger partial charge >= 0.3 is 0 Å². The van der Waals surface area contributed by atoms with Crippen molar-refractivity contribution in [1.29, 1.82) is 0 Å². The average Bonchev–Trinajstić information content (AvgIpc) is 3.06.